The number of nitrogens with one attached hydrogen (secondary N) is 1. The number of halogens is 1. The number of allylic oxidation sites excluding steroid dienone is 1. The molecule has 2 aliphatic heterocycles. The van der Waals surface area contributed by atoms with Gasteiger partial charge >= 0.3 is 0 Å². The van der Waals surface area contributed by atoms with Crippen molar-refractivity contribution in [3.05, 3.63) is 49.5 Å². The van der Waals surface area contributed by atoms with Crippen LogP contribution in [0.4, 0.5) is 4.39 Å². The molecule has 0 aliphatic carbocycles. The van der Waals surface area contributed by atoms with E-state index in [-0.39, 0.29) is 23.2 Å². The van der Waals surface area contributed by atoms with Gasteiger partial charge in [-0.05, 0) is 43.9 Å². The van der Waals surface area contributed by atoms with Crippen molar-refractivity contribution >= 4 is 5.57 Å². The number of rotatable bonds is 4. The summed E-state index contributed by atoms with van der Waals surface area (Å²) in [7, 11) is 0. The molecule has 0 saturated carbocycles. The van der Waals surface area contributed by atoms with Crippen LogP contribution in [0.5, 0.6) is 5.75 Å². The first-order valence-corrected chi connectivity index (χ1v) is 9.93. The van der Waals surface area contributed by atoms with Gasteiger partial charge in [0, 0.05) is 29.1 Å². The summed E-state index contributed by atoms with van der Waals surface area (Å²) in [6.45, 7) is 6.22. The van der Waals surface area contributed by atoms with E-state index in [1.807, 2.05) is 6.07 Å². The van der Waals surface area contributed by atoms with Gasteiger partial charge < -0.3 is 10.4 Å². The smallest absolute Gasteiger partial charge is 0.177 e. The van der Waals surface area contributed by atoms with Crippen molar-refractivity contribution in [2.24, 2.45) is 5.92 Å². The summed E-state index contributed by atoms with van der Waals surface area (Å²) in [6.07, 6.45) is 6.08. The highest BCUT2D eigenvalue weighted by atomic mass is 19.1. The Balaban J connectivity index is 1.38. The van der Waals surface area contributed by atoms with E-state index in [9.17, 15) is 9.50 Å². The maximum absolute atomic E-state index is 15.0. The SMILES string of the molecule is C=C(c1ncc(-c2ccc(-n3cnnc3)cc2O)nn1)[C@H]1C[C@]2(C)CCC(N2)[C@H]1F. The highest BCUT2D eigenvalue weighted by Crippen LogP contribution is 2.44. The van der Waals surface area contributed by atoms with Gasteiger partial charge in [-0.3, -0.25) is 4.57 Å². The molecule has 0 spiro atoms. The number of alkyl halides is 1. The number of aromatic nitrogens is 6. The molecule has 2 saturated heterocycles. The molecule has 2 bridgehead atoms. The summed E-state index contributed by atoms with van der Waals surface area (Å²) >= 11 is 0. The molecule has 1 unspecified atom stereocenters. The molecule has 4 atom stereocenters. The maximum Gasteiger partial charge on any atom is 0.177 e. The predicted octanol–water partition coefficient (Wildman–Crippen LogP) is 2.71. The largest absolute Gasteiger partial charge is 0.507 e. The van der Waals surface area contributed by atoms with Gasteiger partial charge in [-0.15, -0.1) is 20.4 Å². The number of fused-ring (bicyclic) bond motifs is 2. The van der Waals surface area contributed by atoms with Gasteiger partial charge in [0.05, 0.1) is 11.9 Å². The second-order valence-corrected chi connectivity index (χ2v) is 8.37. The average molecular weight is 407 g/mol. The molecule has 9 heteroatoms. The normalized spacial score (nSPS) is 27.9. The summed E-state index contributed by atoms with van der Waals surface area (Å²) in [5, 5.41) is 29.7. The summed E-state index contributed by atoms with van der Waals surface area (Å²) in [4.78, 5) is 4.37. The molecule has 0 amide bonds. The Morgan fingerprint density at radius 1 is 1.30 bits per heavy atom. The van der Waals surface area contributed by atoms with Gasteiger partial charge in [0.2, 0.25) is 0 Å². The van der Waals surface area contributed by atoms with Crippen molar-refractivity contribution in [3.8, 4) is 22.7 Å². The Hall–Kier alpha value is -3.20. The first kappa shape index (κ1) is 18.8. The lowest BCUT2D eigenvalue weighted by atomic mass is 9.79. The molecule has 1 aromatic carbocycles. The van der Waals surface area contributed by atoms with Gasteiger partial charge in [-0.25, -0.2) is 9.37 Å². The third-order valence-electron chi connectivity index (χ3n) is 6.25. The molecule has 4 heterocycles. The van der Waals surface area contributed by atoms with Gasteiger partial charge in [-0.1, -0.05) is 6.58 Å². The van der Waals surface area contributed by atoms with Crippen LogP contribution in [0.15, 0.2) is 43.6 Å². The molecule has 2 aliphatic rings. The highest BCUT2D eigenvalue weighted by Gasteiger charge is 2.49. The van der Waals surface area contributed by atoms with Crippen molar-refractivity contribution in [2.45, 2.75) is 43.9 Å². The van der Waals surface area contributed by atoms with Crippen molar-refractivity contribution in [1.82, 2.24) is 35.3 Å². The second-order valence-electron chi connectivity index (χ2n) is 8.37. The Labute approximate surface area is 172 Å². The number of nitrogens with zero attached hydrogens (tertiary/aromatic N) is 6. The van der Waals surface area contributed by atoms with E-state index in [1.165, 1.54) is 6.20 Å². The molecule has 0 radical (unpaired) electrons. The van der Waals surface area contributed by atoms with Crippen LogP contribution in [0, 0.1) is 5.92 Å². The van der Waals surface area contributed by atoms with Gasteiger partial charge in [0.15, 0.2) is 5.82 Å². The minimum Gasteiger partial charge on any atom is -0.507 e. The topological polar surface area (TPSA) is 102 Å². The van der Waals surface area contributed by atoms with E-state index in [1.54, 1.807) is 29.4 Å². The number of hydrogen-bond donors (Lipinski definition) is 2. The molecular formula is C21H22FN7O. The molecule has 30 heavy (non-hydrogen) atoms. The van der Waals surface area contributed by atoms with E-state index < -0.39 is 6.17 Å². The number of aromatic hydroxyl groups is 1. The predicted molar refractivity (Wildman–Crippen MR) is 108 cm³/mol. The standard InChI is InChI=1S/C21H22FN7O/c1-12(15-8-21(2)6-5-16(26-21)19(15)22)20-23-9-17(27-28-20)14-4-3-13(7-18(14)30)29-10-24-25-11-29/h3-4,7,9-11,15-16,19,26,30H,1,5-6,8H2,2H3/t15-,16?,19+,21+/m1/s1. The molecular weight excluding hydrogens is 385 g/mol. The zero-order chi connectivity index (χ0) is 20.9. The molecule has 2 N–H and O–H groups in total. The third kappa shape index (κ3) is 3.15. The Morgan fingerprint density at radius 3 is 2.80 bits per heavy atom. The van der Waals surface area contributed by atoms with E-state index in [0.717, 1.165) is 18.5 Å². The lowest BCUT2D eigenvalue weighted by molar-refractivity contribution is 0.135. The van der Waals surface area contributed by atoms with E-state index in [4.69, 9.17) is 0 Å². The van der Waals surface area contributed by atoms with E-state index in [2.05, 4.69) is 44.2 Å². The van der Waals surface area contributed by atoms with Crippen molar-refractivity contribution in [2.75, 3.05) is 0 Å². The zero-order valence-electron chi connectivity index (χ0n) is 16.5. The van der Waals surface area contributed by atoms with E-state index >= 15 is 0 Å². The van der Waals surface area contributed by atoms with Crippen LogP contribution in [0.25, 0.3) is 22.5 Å². The van der Waals surface area contributed by atoms with Crippen LogP contribution in [-0.2, 0) is 0 Å². The van der Waals surface area contributed by atoms with Gasteiger partial charge in [0.25, 0.3) is 0 Å². The summed E-state index contributed by atoms with van der Waals surface area (Å²) in [5.41, 5.74) is 2.16. The fourth-order valence-corrected chi connectivity index (χ4v) is 4.60. The Kier molecular flexibility index (Phi) is 4.35. The maximum atomic E-state index is 15.0. The molecule has 8 nitrogen and oxygen atoms in total. The van der Waals surface area contributed by atoms with E-state index in [0.29, 0.717) is 29.1 Å². The number of phenolic OH excluding ortho intramolecular Hbond substituents is 1. The van der Waals surface area contributed by atoms with Crippen LogP contribution < -0.4 is 5.32 Å². The first-order valence-electron chi connectivity index (χ1n) is 9.93. The number of hydrogen-bond acceptors (Lipinski definition) is 7. The average Bonchev–Trinajstić information content (AvgIpc) is 3.39. The first-order chi connectivity index (χ1) is 14.4. The molecule has 3 aromatic rings. The molecule has 154 valence electrons. The summed E-state index contributed by atoms with van der Waals surface area (Å²) in [6, 6.07) is 4.99. The van der Waals surface area contributed by atoms with Crippen LogP contribution >= 0.6 is 0 Å². The highest BCUT2D eigenvalue weighted by molar-refractivity contribution is 5.68. The molecule has 5 rings (SSSR count). The fourth-order valence-electron chi connectivity index (χ4n) is 4.60. The third-order valence-corrected chi connectivity index (χ3v) is 6.25. The van der Waals surface area contributed by atoms with Crippen molar-refractivity contribution < 1.29 is 9.50 Å². The van der Waals surface area contributed by atoms with Crippen LogP contribution in [0.2, 0.25) is 0 Å². The number of piperidine rings is 1. The van der Waals surface area contributed by atoms with Crippen LogP contribution in [0.3, 0.4) is 0 Å². The number of phenols is 1. The lowest BCUT2D eigenvalue weighted by Gasteiger charge is -2.39. The minimum atomic E-state index is -1.01. The van der Waals surface area contributed by atoms with Crippen molar-refractivity contribution in [3.63, 3.8) is 0 Å². The quantitative estimate of drug-likeness (QED) is 0.686. The summed E-state index contributed by atoms with van der Waals surface area (Å²) < 4.78 is 16.6. The fraction of sp³-hybridized carbons (Fsp3) is 0.381. The Morgan fingerprint density at radius 2 is 2.10 bits per heavy atom. The Bertz CT molecular complexity index is 1090. The van der Waals surface area contributed by atoms with Crippen LogP contribution in [-0.4, -0.2) is 52.8 Å². The number of benzene rings is 1. The minimum absolute atomic E-state index is 0.0375. The summed E-state index contributed by atoms with van der Waals surface area (Å²) in [5.74, 6) is 0.0559. The monoisotopic (exact) mass is 407 g/mol. The molecule has 2 aromatic heterocycles. The lowest BCUT2D eigenvalue weighted by Crippen LogP contribution is -2.53. The van der Waals surface area contributed by atoms with Crippen LogP contribution in [0.1, 0.15) is 32.0 Å². The van der Waals surface area contributed by atoms with Gasteiger partial charge in [-0.2, -0.15) is 0 Å². The zero-order valence-corrected chi connectivity index (χ0v) is 16.5. The van der Waals surface area contributed by atoms with Crippen molar-refractivity contribution in [1.29, 1.82) is 0 Å². The van der Waals surface area contributed by atoms with Gasteiger partial charge in [0.1, 0.15) is 30.3 Å². The second kappa shape index (κ2) is 6.94. The molecule has 2 fully saturated rings.